The van der Waals surface area contributed by atoms with Crippen LogP contribution in [0.15, 0.2) is 18.2 Å². The lowest BCUT2D eigenvalue weighted by molar-refractivity contribution is 0.584. The number of rotatable bonds is 3. The Morgan fingerprint density at radius 3 is 2.43 bits per heavy atom. The van der Waals surface area contributed by atoms with E-state index < -0.39 is 0 Å². The monoisotopic (exact) mass is 322 g/mol. The van der Waals surface area contributed by atoms with E-state index in [1.807, 2.05) is 19.1 Å². The van der Waals surface area contributed by atoms with Crippen molar-refractivity contribution in [1.82, 2.24) is 4.98 Å². The number of halogens is 1. The number of anilines is 1. The fraction of sp³-hybridized carbons (Fsp3) is 0.471. The number of nitrogens with zero attached hydrogens (tertiary/aromatic N) is 1. The lowest BCUT2D eigenvalue weighted by Gasteiger charge is -2.16. The van der Waals surface area contributed by atoms with E-state index in [1.54, 1.807) is 11.3 Å². The Labute approximate surface area is 136 Å². The maximum atomic E-state index is 6.19. The number of benzene rings is 1. The molecule has 1 heterocycles. The average molecular weight is 323 g/mol. The lowest BCUT2D eigenvalue weighted by atomic mass is 9.98. The minimum Gasteiger partial charge on any atom is -0.378 e. The number of hydrogen-bond donors (Lipinski definition) is 1. The molecular formula is C17H23ClN2S. The highest BCUT2D eigenvalue weighted by Crippen LogP contribution is 2.34. The number of aryl methyl sites for hydroxylation is 2. The summed E-state index contributed by atoms with van der Waals surface area (Å²) < 4.78 is 0. The summed E-state index contributed by atoms with van der Waals surface area (Å²) in [5.41, 5.74) is 3.35. The van der Waals surface area contributed by atoms with Crippen LogP contribution in [0.3, 0.4) is 0 Å². The summed E-state index contributed by atoms with van der Waals surface area (Å²) in [6.07, 6.45) is 0. The largest absolute Gasteiger partial charge is 0.378 e. The molecule has 0 radical (unpaired) electrons. The van der Waals surface area contributed by atoms with E-state index in [0.717, 1.165) is 22.0 Å². The van der Waals surface area contributed by atoms with Crippen LogP contribution in [0.5, 0.6) is 0 Å². The summed E-state index contributed by atoms with van der Waals surface area (Å²) in [7, 11) is 0. The van der Waals surface area contributed by atoms with Crippen LogP contribution in [0.2, 0.25) is 5.02 Å². The Bertz CT molecular complexity index is 641. The summed E-state index contributed by atoms with van der Waals surface area (Å²) in [5.74, 6) is 0. The maximum absolute atomic E-state index is 6.19. The highest BCUT2D eigenvalue weighted by Gasteiger charge is 2.22. The van der Waals surface area contributed by atoms with Gasteiger partial charge in [-0.15, -0.1) is 11.3 Å². The van der Waals surface area contributed by atoms with Crippen molar-refractivity contribution in [3.8, 4) is 0 Å². The molecule has 4 heteroatoms. The van der Waals surface area contributed by atoms with E-state index in [2.05, 4.69) is 46.0 Å². The zero-order valence-electron chi connectivity index (χ0n) is 13.5. The standard InChI is InChI=1S/C17H23ClN2S/c1-10-7-8-13(9-14(10)18)19-11(2)15-12(3)20-16(21-15)17(4,5)6/h7-9,11,19H,1-6H3. The molecule has 1 aromatic carbocycles. The third kappa shape index (κ3) is 3.78. The molecule has 0 bridgehead atoms. The molecule has 2 rings (SSSR count). The van der Waals surface area contributed by atoms with Gasteiger partial charge in [0.1, 0.15) is 0 Å². The van der Waals surface area contributed by atoms with Gasteiger partial charge in [0.25, 0.3) is 0 Å². The van der Waals surface area contributed by atoms with Crippen molar-refractivity contribution in [2.24, 2.45) is 0 Å². The molecule has 114 valence electrons. The van der Waals surface area contributed by atoms with Crippen LogP contribution < -0.4 is 5.32 Å². The van der Waals surface area contributed by atoms with Crippen LogP contribution >= 0.6 is 22.9 Å². The zero-order valence-corrected chi connectivity index (χ0v) is 15.1. The summed E-state index contributed by atoms with van der Waals surface area (Å²) in [6, 6.07) is 6.31. The van der Waals surface area contributed by atoms with Gasteiger partial charge in [0.05, 0.1) is 16.7 Å². The first-order chi connectivity index (χ1) is 9.68. The first-order valence-electron chi connectivity index (χ1n) is 7.19. The molecule has 0 fully saturated rings. The molecule has 0 amide bonds. The van der Waals surface area contributed by atoms with Gasteiger partial charge in [-0.05, 0) is 38.5 Å². The summed E-state index contributed by atoms with van der Waals surface area (Å²) >= 11 is 7.98. The molecule has 0 aliphatic heterocycles. The van der Waals surface area contributed by atoms with Crippen molar-refractivity contribution in [2.75, 3.05) is 5.32 Å². The van der Waals surface area contributed by atoms with Gasteiger partial charge in [0, 0.05) is 21.0 Å². The number of thiazole rings is 1. The van der Waals surface area contributed by atoms with Gasteiger partial charge in [-0.1, -0.05) is 38.4 Å². The predicted molar refractivity (Wildman–Crippen MR) is 93.8 cm³/mol. The Morgan fingerprint density at radius 1 is 1.24 bits per heavy atom. The number of aromatic nitrogens is 1. The fourth-order valence-corrected chi connectivity index (χ4v) is 3.44. The normalized spacial score (nSPS) is 13.3. The second-order valence-electron chi connectivity index (χ2n) is 6.55. The second-order valence-corrected chi connectivity index (χ2v) is 7.99. The van der Waals surface area contributed by atoms with Crippen LogP contribution in [0.1, 0.15) is 54.9 Å². The molecule has 0 spiro atoms. The van der Waals surface area contributed by atoms with Crippen LogP contribution in [-0.4, -0.2) is 4.98 Å². The zero-order chi connectivity index (χ0) is 15.8. The molecule has 2 aromatic rings. The van der Waals surface area contributed by atoms with Gasteiger partial charge in [-0.25, -0.2) is 4.98 Å². The Morgan fingerprint density at radius 2 is 1.90 bits per heavy atom. The van der Waals surface area contributed by atoms with Crippen molar-refractivity contribution in [3.63, 3.8) is 0 Å². The summed E-state index contributed by atoms with van der Waals surface area (Å²) in [4.78, 5) is 6.02. The minimum atomic E-state index is 0.0978. The molecule has 1 unspecified atom stereocenters. The van der Waals surface area contributed by atoms with Gasteiger partial charge in [-0.2, -0.15) is 0 Å². The molecule has 0 aliphatic rings. The molecular weight excluding hydrogens is 300 g/mol. The van der Waals surface area contributed by atoms with Crippen LogP contribution in [0.25, 0.3) is 0 Å². The number of nitrogens with one attached hydrogen (secondary N) is 1. The van der Waals surface area contributed by atoms with Crippen molar-refractivity contribution in [3.05, 3.63) is 44.4 Å². The Kier molecular flexibility index (Phi) is 4.64. The van der Waals surface area contributed by atoms with Crippen molar-refractivity contribution >= 4 is 28.6 Å². The van der Waals surface area contributed by atoms with Gasteiger partial charge in [0.2, 0.25) is 0 Å². The third-order valence-electron chi connectivity index (χ3n) is 3.42. The number of hydrogen-bond acceptors (Lipinski definition) is 3. The van der Waals surface area contributed by atoms with Gasteiger partial charge >= 0.3 is 0 Å². The van der Waals surface area contributed by atoms with Gasteiger partial charge < -0.3 is 5.32 Å². The van der Waals surface area contributed by atoms with Crippen molar-refractivity contribution < 1.29 is 0 Å². The topological polar surface area (TPSA) is 24.9 Å². The first kappa shape index (κ1) is 16.3. The molecule has 0 saturated heterocycles. The summed E-state index contributed by atoms with van der Waals surface area (Å²) in [5, 5.41) is 5.50. The molecule has 2 nitrogen and oxygen atoms in total. The van der Waals surface area contributed by atoms with E-state index in [1.165, 1.54) is 9.88 Å². The average Bonchev–Trinajstić information content (AvgIpc) is 2.76. The molecule has 0 aliphatic carbocycles. The van der Waals surface area contributed by atoms with E-state index in [-0.39, 0.29) is 11.5 Å². The highest BCUT2D eigenvalue weighted by atomic mass is 35.5. The van der Waals surface area contributed by atoms with Crippen LogP contribution in [0.4, 0.5) is 5.69 Å². The molecule has 21 heavy (non-hydrogen) atoms. The first-order valence-corrected chi connectivity index (χ1v) is 8.38. The fourth-order valence-electron chi connectivity index (χ4n) is 2.13. The van der Waals surface area contributed by atoms with Crippen molar-refractivity contribution in [2.45, 2.75) is 53.0 Å². The quantitative estimate of drug-likeness (QED) is 0.762. The Hall–Kier alpha value is -1.06. The molecule has 0 saturated carbocycles. The minimum absolute atomic E-state index is 0.0978. The molecule has 1 aromatic heterocycles. The lowest BCUT2D eigenvalue weighted by Crippen LogP contribution is -2.10. The van der Waals surface area contributed by atoms with E-state index in [4.69, 9.17) is 16.6 Å². The van der Waals surface area contributed by atoms with Crippen molar-refractivity contribution in [1.29, 1.82) is 0 Å². The molecule has 1 N–H and O–H groups in total. The highest BCUT2D eigenvalue weighted by molar-refractivity contribution is 7.12. The van der Waals surface area contributed by atoms with E-state index >= 15 is 0 Å². The maximum Gasteiger partial charge on any atom is 0.0985 e. The van der Waals surface area contributed by atoms with E-state index in [9.17, 15) is 0 Å². The van der Waals surface area contributed by atoms with Crippen LogP contribution in [0, 0.1) is 13.8 Å². The molecule has 1 atom stereocenters. The Balaban J connectivity index is 2.22. The second kappa shape index (κ2) is 5.98. The van der Waals surface area contributed by atoms with Gasteiger partial charge in [0.15, 0.2) is 0 Å². The smallest absolute Gasteiger partial charge is 0.0985 e. The van der Waals surface area contributed by atoms with Crippen LogP contribution in [-0.2, 0) is 5.41 Å². The predicted octanol–water partition coefficient (Wildman–Crippen LogP) is 5.88. The third-order valence-corrected chi connectivity index (χ3v) is 5.60. The summed E-state index contributed by atoms with van der Waals surface area (Å²) in [6.45, 7) is 12.9. The SMILES string of the molecule is Cc1ccc(NC(C)c2sc(C(C)(C)C)nc2C)cc1Cl. The van der Waals surface area contributed by atoms with E-state index in [0.29, 0.717) is 0 Å². The van der Waals surface area contributed by atoms with Gasteiger partial charge in [-0.3, -0.25) is 0 Å².